The van der Waals surface area contributed by atoms with Gasteiger partial charge in [-0.2, -0.15) is 0 Å². The van der Waals surface area contributed by atoms with Crippen LogP contribution in [-0.4, -0.2) is 30.7 Å². The maximum atomic E-state index is 10.6. The molecule has 4 nitrogen and oxygen atoms in total. The molecule has 0 aromatic heterocycles. The average Bonchev–Trinajstić information content (AvgIpc) is 2.77. The van der Waals surface area contributed by atoms with Gasteiger partial charge in [0.2, 0.25) is 5.91 Å². The first-order valence-electron chi connectivity index (χ1n) is 7.87. The van der Waals surface area contributed by atoms with Crippen LogP contribution in [-0.2, 0) is 9.53 Å². The van der Waals surface area contributed by atoms with Crippen LogP contribution in [0.4, 0.5) is 0 Å². The Kier molecular flexibility index (Phi) is 5.64. The lowest BCUT2D eigenvalue weighted by molar-refractivity contribution is -0.118. The molecule has 19 heavy (non-hydrogen) atoms. The fraction of sp³-hybridized carbons (Fsp3) is 0.933. The van der Waals surface area contributed by atoms with E-state index in [2.05, 4.69) is 5.32 Å². The highest BCUT2D eigenvalue weighted by atomic mass is 16.5. The van der Waals surface area contributed by atoms with Gasteiger partial charge in [-0.15, -0.1) is 0 Å². The number of nitrogens with two attached hydrogens (primary N) is 1. The molecule has 0 radical (unpaired) electrons. The van der Waals surface area contributed by atoms with Gasteiger partial charge in [0.05, 0.1) is 11.7 Å². The third kappa shape index (κ3) is 4.77. The van der Waals surface area contributed by atoms with E-state index in [0.717, 1.165) is 25.9 Å². The molecule has 1 aliphatic heterocycles. The summed E-state index contributed by atoms with van der Waals surface area (Å²) in [6.07, 6.45) is 11.9. The van der Waals surface area contributed by atoms with Crippen molar-refractivity contribution in [2.24, 2.45) is 5.73 Å². The molecule has 1 amide bonds. The lowest BCUT2D eigenvalue weighted by atomic mass is 9.83. The fourth-order valence-electron chi connectivity index (χ4n) is 3.42. The van der Waals surface area contributed by atoms with Gasteiger partial charge in [0.15, 0.2) is 0 Å². The summed E-state index contributed by atoms with van der Waals surface area (Å²) in [5.74, 6) is -0.196. The Hall–Kier alpha value is -0.610. The summed E-state index contributed by atoms with van der Waals surface area (Å²) >= 11 is 0. The zero-order valence-corrected chi connectivity index (χ0v) is 12.0. The number of primary amides is 1. The number of nitrogens with one attached hydrogen (secondary N) is 1. The molecule has 0 bridgehead atoms. The second kappa shape index (κ2) is 7.25. The van der Waals surface area contributed by atoms with Gasteiger partial charge in [-0.25, -0.2) is 0 Å². The summed E-state index contributed by atoms with van der Waals surface area (Å²) in [5, 5.41) is 3.45. The first-order chi connectivity index (χ1) is 9.20. The summed E-state index contributed by atoms with van der Waals surface area (Å²) in [6.45, 7) is 1.92. The molecule has 1 unspecified atom stereocenters. The van der Waals surface area contributed by atoms with E-state index in [9.17, 15) is 4.79 Å². The monoisotopic (exact) mass is 268 g/mol. The number of amides is 1. The van der Waals surface area contributed by atoms with Crippen LogP contribution in [0.3, 0.4) is 0 Å². The van der Waals surface area contributed by atoms with Crippen LogP contribution >= 0.6 is 0 Å². The van der Waals surface area contributed by atoms with Crippen LogP contribution in [0.25, 0.3) is 0 Å². The number of hydrogen-bond donors (Lipinski definition) is 2. The minimum Gasteiger partial charge on any atom is -0.370 e. The normalized spacial score (nSPS) is 25.8. The molecule has 1 saturated carbocycles. The first-order valence-corrected chi connectivity index (χ1v) is 7.87. The van der Waals surface area contributed by atoms with Crippen molar-refractivity contribution in [3.05, 3.63) is 0 Å². The number of hydrogen-bond acceptors (Lipinski definition) is 3. The minimum atomic E-state index is -0.196. The molecule has 0 aromatic rings. The molecule has 1 spiro atoms. The van der Waals surface area contributed by atoms with Crippen LogP contribution in [0.2, 0.25) is 0 Å². The van der Waals surface area contributed by atoms with Crippen LogP contribution in [0.5, 0.6) is 0 Å². The van der Waals surface area contributed by atoms with Gasteiger partial charge in [-0.3, -0.25) is 4.79 Å². The summed E-state index contributed by atoms with van der Waals surface area (Å²) in [6, 6.07) is 0. The molecule has 1 saturated heterocycles. The zero-order valence-electron chi connectivity index (χ0n) is 12.0. The molecule has 1 aliphatic carbocycles. The van der Waals surface area contributed by atoms with Gasteiger partial charge in [0, 0.05) is 13.0 Å². The highest BCUT2D eigenvalue weighted by molar-refractivity contribution is 5.73. The summed E-state index contributed by atoms with van der Waals surface area (Å²) in [5.41, 5.74) is 5.34. The van der Waals surface area contributed by atoms with E-state index < -0.39 is 0 Å². The number of carbonyl (C=O) groups excluding carboxylic acids is 1. The lowest BCUT2D eigenvalue weighted by Gasteiger charge is -2.33. The van der Waals surface area contributed by atoms with Gasteiger partial charge < -0.3 is 15.8 Å². The van der Waals surface area contributed by atoms with Crippen molar-refractivity contribution in [1.82, 2.24) is 5.32 Å². The zero-order chi connectivity index (χ0) is 13.6. The van der Waals surface area contributed by atoms with Crippen molar-refractivity contribution < 1.29 is 9.53 Å². The third-order valence-electron chi connectivity index (χ3n) is 4.50. The van der Waals surface area contributed by atoms with E-state index in [-0.39, 0.29) is 11.5 Å². The molecule has 1 heterocycles. The largest absolute Gasteiger partial charge is 0.370 e. The van der Waals surface area contributed by atoms with Crippen molar-refractivity contribution in [2.75, 3.05) is 13.1 Å². The molecular weight excluding hydrogens is 240 g/mol. The molecule has 2 rings (SSSR count). The highest BCUT2D eigenvalue weighted by Gasteiger charge is 2.40. The van der Waals surface area contributed by atoms with Gasteiger partial charge in [0.1, 0.15) is 0 Å². The van der Waals surface area contributed by atoms with E-state index in [1.165, 1.54) is 44.9 Å². The quantitative estimate of drug-likeness (QED) is 0.695. The topological polar surface area (TPSA) is 64.4 Å². The second-order valence-corrected chi connectivity index (χ2v) is 6.15. The SMILES string of the molecule is NC(=O)CCCCNCC1CCC2(CCCCC2)O1. The number of unbranched alkanes of at least 4 members (excludes halogenated alkanes) is 1. The lowest BCUT2D eigenvalue weighted by Crippen LogP contribution is -2.34. The van der Waals surface area contributed by atoms with Gasteiger partial charge in [-0.05, 0) is 45.1 Å². The Balaban J connectivity index is 1.54. The van der Waals surface area contributed by atoms with Crippen molar-refractivity contribution in [3.8, 4) is 0 Å². The predicted octanol–water partition coefficient (Wildman–Crippen LogP) is 2.11. The summed E-state index contributed by atoms with van der Waals surface area (Å²) < 4.78 is 6.30. The average molecular weight is 268 g/mol. The standard InChI is InChI=1S/C15H28N2O2/c16-14(18)6-2-5-11-17-12-13-7-10-15(19-13)8-3-1-4-9-15/h13,17H,1-12H2,(H2,16,18). The fourth-order valence-corrected chi connectivity index (χ4v) is 3.42. The van der Waals surface area contributed by atoms with Gasteiger partial charge in [-0.1, -0.05) is 19.3 Å². The van der Waals surface area contributed by atoms with Gasteiger partial charge >= 0.3 is 0 Å². The number of rotatable bonds is 7. The van der Waals surface area contributed by atoms with Crippen LogP contribution in [0, 0.1) is 0 Å². The van der Waals surface area contributed by atoms with Crippen LogP contribution < -0.4 is 11.1 Å². The second-order valence-electron chi connectivity index (χ2n) is 6.15. The smallest absolute Gasteiger partial charge is 0.217 e. The van der Waals surface area contributed by atoms with Crippen LogP contribution in [0.1, 0.15) is 64.2 Å². The Morgan fingerprint density at radius 3 is 2.74 bits per heavy atom. The minimum absolute atomic E-state index is 0.196. The molecule has 2 fully saturated rings. The predicted molar refractivity (Wildman–Crippen MR) is 75.8 cm³/mol. The summed E-state index contributed by atoms with van der Waals surface area (Å²) in [4.78, 5) is 10.6. The highest BCUT2D eigenvalue weighted by Crippen LogP contribution is 2.41. The first kappa shape index (κ1) is 14.8. The Morgan fingerprint density at radius 2 is 2.00 bits per heavy atom. The van der Waals surface area contributed by atoms with E-state index in [0.29, 0.717) is 12.5 Å². The van der Waals surface area contributed by atoms with Crippen molar-refractivity contribution in [3.63, 3.8) is 0 Å². The molecular formula is C15H28N2O2. The van der Waals surface area contributed by atoms with Gasteiger partial charge in [0.25, 0.3) is 0 Å². The molecule has 3 N–H and O–H groups in total. The summed E-state index contributed by atoms with van der Waals surface area (Å²) in [7, 11) is 0. The van der Waals surface area contributed by atoms with E-state index in [4.69, 9.17) is 10.5 Å². The molecule has 1 atom stereocenters. The van der Waals surface area contributed by atoms with Crippen molar-refractivity contribution in [2.45, 2.75) is 75.9 Å². The Morgan fingerprint density at radius 1 is 1.21 bits per heavy atom. The van der Waals surface area contributed by atoms with E-state index >= 15 is 0 Å². The number of carbonyl (C=O) groups is 1. The van der Waals surface area contributed by atoms with E-state index in [1.54, 1.807) is 0 Å². The molecule has 4 heteroatoms. The third-order valence-corrected chi connectivity index (χ3v) is 4.50. The maximum absolute atomic E-state index is 10.6. The number of ether oxygens (including phenoxy) is 1. The Bertz CT molecular complexity index is 288. The molecule has 0 aromatic carbocycles. The molecule has 2 aliphatic rings. The van der Waals surface area contributed by atoms with Crippen LogP contribution in [0.15, 0.2) is 0 Å². The molecule has 110 valence electrons. The Labute approximate surface area is 116 Å². The van der Waals surface area contributed by atoms with E-state index in [1.807, 2.05) is 0 Å². The van der Waals surface area contributed by atoms with Crippen molar-refractivity contribution >= 4 is 5.91 Å². The van der Waals surface area contributed by atoms with Crippen molar-refractivity contribution in [1.29, 1.82) is 0 Å². The maximum Gasteiger partial charge on any atom is 0.217 e.